The van der Waals surface area contributed by atoms with Crippen LogP contribution in [0.2, 0.25) is 10.0 Å². The van der Waals surface area contributed by atoms with Gasteiger partial charge in [-0.15, -0.1) is 0 Å². The van der Waals surface area contributed by atoms with E-state index < -0.39 is 11.6 Å². The topological polar surface area (TPSA) is 74.6 Å². The third-order valence-electron chi connectivity index (χ3n) is 5.18. The number of ether oxygens (including phenoxy) is 3. The van der Waals surface area contributed by atoms with Crippen molar-refractivity contribution in [3.63, 3.8) is 0 Å². The summed E-state index contributed by atoms with van der Waals surface area (Å²) in [5, 5.41) is 4.21. The van der Waals surface area contributed by atoms with Crippen molar-refractivity contribution < 1.29 is 19.0 Å². The second-order valence-corrected chi connectivity index (χ2v) is 8.75. The van der Waals surface area contributed by atoms with E-state index >= 15 is 0 Å². The first-order valence-corrected chi connectivity index (χ1v) is 10.5. The summed E-state index contributed by atoms with van der Waals surface area (Å²) in [6.45, 7) is 4.97. The van der Waals surface area contributed by atoms with Crippen LogP contribution in [0.5, 0.6) is 5.75 Å². The number of rotatable bonds is 6. The van der Waals surface area contributed by atoms with E-state index in [0.29, 0.717) is 58.1 Å². The first-order valence-electron chi connectivity index (χ1n) is 9.79. The summed E-state index contributed by atoms with van der Waals surface area (Å²) in [7, 11) is 2.99. The number of imidazole rings is 1. The molecule has 0 fully saturated rings. The molecule has 31 heavy (non-hydrogen) atoms. The molecule has 1 aliphatic heterocycles. The van der Waals surface area contributed by atoms with Gasteiger partial charge >= 0.3 is 5.97 Å². The van der Waals surface area contributed by atoms with Crippen LogP contribution in [0.15, 0.2) is 24.3 Å². The molecule has 0 spiro atoms. The van der Waals surface area contributed by atoms with Gasteiger partial charge < -0.3 is 24.1 Å². The van der Waals surface area contributed by atoms with E-state index in [4.69, 9.17) is 42.4 Å². The average molecular weight is 464 g/mol. The predicted octanol–water partition coefficient (Wildman–Crippen LogP) is 5.23. The molecular weight excluding hydrogens is 441 g/mol. The minimum absolute atomic E-state index is 0.356. The zero-order valence-corrected chi connectivity index (χ0v) is 19.2. The second-order valence-electron chi connectivity index (χ2n) is 7.93. The lowest BCUT2D eigenvalue weighted by atomic mass is 9.98. The van der Waals surface area contributed by atoms with Crippen molar-refractivity contribution in [2.75, 3.05) is 26.1 Å². The van der Waals surface area contributed by atoms with Gasteiger partial charge in [0.05, 0.1) is 40.5 Å². The fourth-order valence-electron chi connectivity index (χ4n) is 3.87. The maximum absolute atomic E-state index is 12.5. The predicted molar refractivity (Wildman–Crippen MR) is 121 cm³/mol. The Labute approximate surface area is 190 Å². The summed E-state index contributed by atoms with van der Waals surface area (Å²) < 4.78 is 18.5. The van der Waals surface area contributed by atoms with Crippen LogP contribution in [0.4, 0.5) is 11.6 Å². The van der Waals surface area contributed by atoms with E-state index in [9.17, 15) is 4.79 Å². The molecule has 0 atom stereocenters. The fourth-order valence-corrected chi connectivity index (χ4v) is 4.36. The summed E-state index contributed by atoms with van der Waals surface area (Å²) in [5.41, 5.74) is 2.87. The fraction of sp³-hybridized carbons (Fsp3) is 0.364. The number of halogens is 2. The molecule has 3 aromatic rings. The SMILES string of the molecule is COCCn1c(Nc2c(Cl)cccc2Cl)nc2cc(C(=O)OC)c3c(c21)CC(C)(C)O3. The molecule has 7 nitrogen and oxygen atoms in total. The zero-order valence-electron chi connectivity index (χ0n) is 17.7. The van der Waals surface area contributed by atoms with Crippen LogP contribution in [0.25, 0.3) is 11.0 Å². The molecule has 0 bridgehead atoms. The number of carbonyl (C=O) groups excluding carboxylic acids is 1. The van der Waals surface area contributed by atoms with E-state index in [1.54, 1.807) is 31.4 Å². The lowest BCUT2D eigenvalue weighted by molar-refractivity contribution is 0.0590. The van der Waals surface area contributed by atoms with Crippen LogP contribution in [0, 0.1) is 0 Å². The Hall–Kier alpha value is -2.48. The average Bonchev–Trinajstić information content (AvgIpc) is 3.23. The van der Waals surface area contributed by atoms with E-state index in [-0.39, 0.29) is 0 Å². The minimum atomic E-state index is -0.467. The maximum Gasteiger partial charge on any atom is 0.341 e. The van der Waals surface area contributed by atoms with Crippen molar-refractivity contribution in [3.05, 3.63) is 45.4 Å². The summed E-state index contributed by atoms with van der Waals surface area (Å²) >= 11 is 12.7. The molecule has 0 radical (unpaired) electrons. The Kier molecular flexibility index (Phi) is 5.77. The molecule has 1 aliphatic rings. The van der Waals surface area contributed by atoms with Gasteiger partial charge in [-0.2, -0.15) is 0 Å². The van der Waals surface area contributed by atoms with Crippen molar-refractivity contribution in [1.29, 1.82) is 0 Å². The molecule has 0 saturated carbocycles. The van der Waals surface area contributed by atoms with Crippen LogP contribution >= 0.6 is 23.2 Å². The van der Waals surface area contributed by atoms with Crippen LogP contribution in [0.3, 0.4) is 0 Å². The zero-order chi connectivity index (χ0) is 22.3. The number of nitrogens with one attached hydrogen (secondary N) is 1. The van der Waals surface area contributed by atoms with Gasteiger partial charge in [-0.05, 0) is 32.0 Å². The highest BCUT2D eigenvalue weighted by Gasteiger charge is 2.37. The van der Waals surface area contributed by atoms with Gasteiger partial charge in [0.25, 0.3) is 0 Å². The molecule has 0 amide bonds. The number of hydrogen-bond acceptors (Lipinski definition) is 6. The normalized spacial score (nSPS) is 14.4. The number of fused-ring (bicyclic) bond motifs is 3. The molecule has 0 aliphatic carbocycles. The minimum Gasteiger partial charge on any atom is -0.486 e. The first-order chi connectivity index (χ1) is 14.8. The molecule has 1 aromatic heterocycles. The van der Waals surface area contributed by atoms with Crippen molar-refractivity contribution in [3.8, 4) is 5.75 Å². The smallest absolute Gasteiger partial charge is 0.341 e. The molecule has 0 unspecified atom stereocenters. The number of esters is 1. The Bertz CT molecular complexity index is 1150. The van der Waals surface area contributed by atoms with Crippen molar-refractivity contribution in [2.24, 2.45) is 0 Å². The highest BCUT2D eigenvalue weighted by atomic mass is 35.5. The first kappa shape index (κ1) is 21.7. The summed E-state index contributed by atoms with van der Waals surface area (Å²) in [6, 6.07) is 6.98. The van der Waals surface area contributed by atoms with E-state index in [0.717, 1.165) is 11.1 Å². The van der Waals surface area contributed by atoms with Crippen molar-refractivity contribution in [2.45, 2.75) is 32.4 Å². The van der Waals surface area contributed by atoms with Crippen LogP contribution in [-0.4, -0.2) is 41.9 Å². The number of nitrogens with zero attached hydrogens (tertiary/aromatic N) is 2. The molecule has 2 heterocycles. The largest absolute Gasteiger partial charge is 0.486 e. The number of aromatic nitrogens is 2. The van der Waals surface area contributed by atoms with Gasteiger partial charge in [-0.25, -0.2) is 9.78 Å². The Morgan fingerprint density at radius 2 is 2.00 bits per heavy atom. The highest BCUT2D eigenvalue weighted by Crippen LogP contribution is 2.44. The van der Waals surface area contributed by atoms with Crippen LogP contribution in [-0.2, 0) is 22.4 Å². The lowest BCUT2D eigenvalue weighted by Gasteiger charge is -2.17. The van der Waals surface area contributed by atoms with Gasteiger partial charge in [0.15, 0.2) is 0 Å². The standard InChI is InChI=1S/C22H23Cl2N3O4/c1-22(2)11-13-18-16(10-12(19(13)31-22)20(28)30-4)25-21(27(18)8-9-29-3)26-17-14(23)6-5-7-15(17)24/h5-7,10H,8-9,11H2,1-4H3,(H,25,26). The molecule has 4 rings (SSSR count). The van der Waals surface area contributed by atoms with Crippen LogP contribution < -0.4 is 10.1 Å². The molecule has 164 valence electrons. The number of para-hydroxylation sites is 1. The van der Waals surface area contributed by atoms with Crippen LogP contribution in [0.1, 0.15) is 29.8 Å². The Morgan fingerprint density at radius 1 is 1.29 bits per heavy atom. The van der Waals surface area contributed by atoms with E-state index in [1.165, 1.54) is 7.11 Å². The van der Waals surface area contributed by atoms with Gasteiger partial charge in [0.2, 0.25) is 5.95 Å². The van der Waals surface area contributed by atoms with Crippen molar-refractivity contribution in [1.82, 2.24) is 9.55 Å². The molecular formula is C22H23Cl2N3O4. The lowest BCUT2D eigenvalue weighted by Crippen LogP contribution is -2.25. The molecule has 2 aromatic carbocycles. The third kappa shape index (κ3) is 3.93. The Balaban J connectivity index is 1.95. The van der Waals surface area contributed by atoms with Gasteiger partial charge in [-0.3, -0.25) is 0 Å². The molecule has 0 saturated heterocycles. The number of methoxy groups -OCH3 is 2. The van der Waals surface area contributed by atoms with E-state index in [2.05, 4.69) is 5.32 Å². The van der Waals surface area contributed by atoms with Gasteiger partial charge in [0.1, 0.15) is 16.9 Å². The number of hydrogen-bond donors (Lipinski definition) is 1. The number of anilines is 2. The van der Waals surface area contributed by atoms with Crippen molar-refractivity contribution >= 4 is 51.8 Å². The second kappa shape index (κ2) is 8.22. The molecule has 1 N–H and O–H groups in total. The quantitative estimate of drug-likeness (QED) is 0.504. The summed E-state index contributed by atoms with van der Waals surface area (Å²) in [4.78, 5) is 17.2. The molecule has 9 heteroatoms. The number of benzene rings is 2. The third-order valence-corrected chi connectivity index (χ3v) is 5.81. The van der Waals surface area contributed by atoms with Gasteiger partial charge in [-0.1, -0.05) is 29.3 Å². The van der Waals surface area contributed by atoms with Gasteiger partial charge in [0, 0.05) is 25.6 Å². The van der Waals surface area contributed by atoms with E-state index in [1.807, 2.05) is 18.4 Å². The summed E-state index contributed by atoms with van der Waals surface area (Å²) in [6.07, 6.45) is 0.620. The maximum atomic E-state index is 12.5. The summed E-state index contributed by atoms with van der Waals surface area (Å²) in [5.74, 6) is 0.604. The highest BCUT2D eigenvalue weighted by molar-refractivity contribution is 6.39. The Morgan fingerprint density at radius 3 is 2.65 bits per heavy atom. The monoisotopic (exact) mass is 463 g/mol. The number of carbonyl (C=O) groups is 1.